The Hall–Kier alpha value is -0.610. The molecule has 1 aromatic rings. The molecule has 0 aliphatic heterocycles. The molecule has 15 heavy (non-hydrogen) atoms. The molecule has 0 aromatic carbocycles. The van der Waals surface area contributed by atoms with Gasteiger partial charge in [0.25, 0.3) is 0 Å². The molecular formula is C11H17BrN2O. The number of anilines is 1. The Bertz CT molecular complexity index is 287. The van der Waals surface area contributed by atoms with E-state index in [0.717, 1.165) is 10.3 Å². The van der Waals surface area contributed by atoms with Crippen LogP contribution in [-0.4, -0.2) is 24.7 Å². The molecule has 3 nitrogen and oxygen atoms in total. The number of nitrogens with one attached hydrogen (secondary N) is 1. The standard InChI is InChI=1S/C11H17BrN2O/c1-8(2)10(7-15-3)14-11-5-4-9(12)6-13-11/h4-6,8,10H,7H2,1-3H3,(H,13,14). The molecule has 1 N–H and O–H groups in total. The third-order valence-electron chi connectivity index (χ3n) is 2.21. The smallest absolute Gasteiger partial charge is 0.126 e. The van der Waals surface area contributed by atoms with Crippen molar-refractivity contribution < 1.29 is 4.74 Å². The van der Waals surface area contributed by atoms with Gasteiger partial charge in [-0.25, -0.2) is 4.98 Å². The Kier molecular flexibility index (Phi) is 5.05. The summed E-state index contributed by atoms with van der Waals surface area (Å²) in [5.41, 5.74) is 0. The van der Waals surface area contributed by atoms with Crippen molar-refractivity contribution in [3.05, 3.63) is 22.8 Å². The van der Waals surface area contributed by atoms with Gasteiger partial charge >= 0.3 is 0 Å². The number of halogens is 1. The van der Waals surface area contributed by atoms with E-state index in [1.807, 2.05) is 12.1 Å². The molecule has 0 saturated heterocycles. The maximum absolute atomic E-state index is 5.16. The van der Waals surface area contributed by atoms with E-state index in [4.69, 9.17) is 4.74 Å². The molecule has 1 unspecified atom stereocenters. The molecule has 0 saturated carbocycles. The van der Waals surface area contributed by atoms with Crippen LogP contribution in [0.5, 0.6) is 0 Å². The highest BCUT2D eigenvalue weighted by Gasteiger charge is 2.12. The fraction of sp³-hybridized carbons (Fsp3) is 0.545. The molecule has 0 spiro atoms. The maximum atomic E-state index is 5.16. The van der Waals surface area contributed by atoms with Gasteiger partial charge in [-0.2, -0.15) is 0 Å². The number of pyridine rings is 1. The second kappa shape index (κ2) is 6.08. The van der Waals surface area contributed by atoms with Crippen LogP contribution in [0, 0.1) is 5.92 Å². The Morgan fingerprint density at radius 3 is 2.67 bits per heavy atom. The quantitative estimate of drug-likeness (QED) is 0.895. The average Bonchev–Trinajstić information content (AvgIpc) is 2.20. The molecule has 0 aliphatic carbocycles. The molecule has 1 atom stereocenters. The predicted octanol–water partition coefficient (Wildman–Crippen LogP) is 2.93. The van der Waals surface area contributed by atoms with Crippen molar-refractivity contribution in [2.45, 2.75) is 19.9 Å². The number of nitrogens with zero attached hydrogens (tertiary/aromatic N) is 1. The second-order valence-electron chi connectivity index (χ2n) is 3.81. The van der Waals surface area contributed by atoms with Gasteiger partial charge in [-0.3, -0.25) is 0 Å². The highest BCUT2D eigenvalue weighted by molar-refractivity contribution is 9.10. The van der Waals surface area contributed by atoms with E-state index in [0.29, 0.717) is 18.6 Å². The minimum atomic E-state index is 0.295. The first-order chi connectivity index (χ1) is 7.13. The molecule has 1 heterocycles. The van der Waals surface area contributed by atoms with Crippen LogP contribution >= 0.6 is 15.9 Å². The third kappa shape index (κ3) is 4.18. The van der Waals surface area contributed by atoms with Crippen molar-refractivity contribution in [2.75, 3.05) is 19.0 Å². The van der Waals surface area contributed by atoms with E-state index in [-0.39, 0.29) is 0 Å². The molecule has 1 aromatic heterocycles. The minimum absolute atomic E-state index is 0.295. The predicted molar refractivity (Wildman–Crippen MR) is 66.1 cm³/mol. The van der Waals surface area contributed by atoms with Crippen molar-refractivity contribution in [1.29, 1.82) is 0 Å². The van der Waals surface area contributed by atoms with Gasteiger partial charge in [0, 0.05) is 17.8 Å². The first-order valence-corrected chi connectivity index (χ1v) is 5.80. The number of rotatable bonds is 5. The van der Waals surface area contributed by atoms with Gasteiger partial charge < -0.3 is 10.1 Å². The topological polar surface area (TPSA) is 34.1 Å². The lowest BCUT2D eigenvalue weighted by Gasteiger charge is -2.21. The van der Waals surface area contributed by atoms with Gasteiger partial charge in [-0.1, -0.05) is 13.8 Å². The second-order valence-corrected chi connectivity index (χ2v) is 4.73. The molecule has 0 aliphatic rings. The maximum Gasteiger partial charge on any atom is 0.126 e. The van der Waals surface area contributed by atoms with Crippen LogP contribution in [-0.2, 0) is 4.74 Å². The highest BCUT2D eigenvalue weighted by Crippen LogP contribution is 2.13. The largest absolute Gasteiger partial charge is 0.383 e. The number of ether oxygens (including phenoxy) is 1. The van der Waals surface area contributed by atoms with E-state index in [1.165, 1.54) is 0 Å². The summed E-state index contributed by atoms with van der Waals surface area (Å²) >= 11 is 3.36. The molecule has 1 rings (SSSR count). The summed E-state index contributed by atoms with van der Waals surface area (Å²) in [6.45, 7) is 5.01. The van der Waals surface area contributed by atoms with Gasteiger partial charge in [0.2, 0.25) is 0 Å². The van der Waals surface area contributed by atoms with E-state index in [1.54, 1.807) is 13.3 Å². The minimum Gasteiger partial charge on any atom is -0.383 e. The van der Waals surface area contributed by atoms with Crippen LogP contribution < -0.4 is 5.32 Å². The summed E-state index contributed by atoms with van der Waals surface area (Å²) < 4.78 is 6.15. The van der Waals surface area contributed by atoms with Crippen LogP contribution in [0.2, 0.25) is 0 Å². The number of hydrogen-bond acceptors (Lipinski definition) is 3. The van der Waals surface area contributed by atoms with Crippen LogP contribution in [0.25, 0.3) is 0 Å². The molecule has 0 amide bonds. The molecule has 84 valence electrons. The Balaban J connectivity index is 2.61. The average molecular weight is 273 g/mol. The number of hydrogen-bond donors (Lipinski definition) is 1. The van der Waals surface area contributed by atoms with Gasteiger partial charge in [0.05, 0.1) is 12.6 Å². The van der Waals surface area contributed by atoms with Crippen LogP contribution in [0.3, 0.4) is 0 Å². The Morgan fingerprint density at radius 1 is 1.47 bits per heavy atom. The van der Waals surface area contributed by atoms with Crippen LogP contribution in [0.1, 0.15) is 13.8 Å². The van der Waals surface area contributed by atoms with E-state index in [9.17, 15) is 0 Å². The monoisotopic (exact) mass is 272 g/mol. The fourth-order valence-corrected chi connectivity index (χ4v) is 1.47. The molecule has 0 fully saturated rings. The normalized spacial score (nSPS) is 12.9. The van der Waals surface area contributed by atoms with Crippen molar-refractivity contribution in [1.82, 2.24) is 4.98 Å². The Morgan fingerprint density at radius 2 is 2.20 bits per heavy atom. The van der Waals surface area contributed by atoms with E-state index < -0.39 is 0 Å². The van der Waals surface area contributed by atoms with Crippen molar-refractivity contribution in [2.24, 2.45) is 5.92 Å². The Labute approximate surface area is 99.4 Å². The summed E-state index contributed by atoms with van der Waals surface area (Å²) in [6.07, 6.45) is 1.78. The summed E-state index contributed by atoms with van der Waals surface area (Å²) in [4.78, 5) is 4.27. The lowest BCUT2D eigenvalue weighted by molar-refractivity contribution is 0.171. The molecule has 0 bridgehead atoms. The SMILES string of the molecule is COCC(Nc1ccc(Br)cn1)C(C)C. The fourth-order valence-electron chi connectivity index (χ4n) is 1.23. The summed E-state index contributed by atoms with van der Waals surface area (Å²) in [5.74, 6) is 1.39. The summed E-state index contributed by atoms with van der Waals surface area (Å²) in [6, 6.07) is 4.22. The summed E-state index contributed by atoms with van der Waals surface area (Å²) in [5, 5.41) is 3.35. The van der Waals surface area contributed by atoms with Crippen LogP contribution in [0.4, 0.5) is 5.82 Å². The van der Waals surface area contributed by atoms with Gasteiger partial charge in [0.15, 0.2) is 0 Å². The molecule has 0 radical (unpaired) electrons. The van der Waals surface area contributed by atoms with E-state index in [2.05, 4.69) is 40.1 Å². The zero-order valence-corrected chi connectivity index (χ0v) is 10.9. The van der Waals surface area contributed by atoms with Crippen molar-refractivity contribution in [3.63, 3.8) is 0 Å². The zero-order chi connectivity index (χ0) is 11.3. The lowest BCUT2D eigenvalue weighted by atomic mass is 10.1. The number of methoxy groups -OCH3 is 1. The first-order valence-electron chi connectivity index (χ1n) is 5.00. The van der Waals surface area contributed by atoms with Crippen molar-refractivity contribution >= 4 is 21.7 Å². The highest BCUT2D eigenvalue weighted by atomic mass is 79.9. The lowest BCUT2D eigenvalue weighted by Crippen LogP contribution is -2.30. The van der Waals surface area contributed by atoms with Gasteiger partial charge in [-0.15, -0.1) is 0 Å². The van der Waals surface area contributed by atoms with Gasteiger partial charge in [0.1, 0.15) is 5.82 Å². The first kappa shape index (κ1) is 12.5. The molecule has 4 heteroatoms. The number of aromatic nitrogens is 1. The van der Waals surface area contributed by atoms with E-state index >= 15 is 0 Å². The van der Waals surface area contributed by atoms with Gasteiger partial charge in [-0.05, 0) is 34.0 Å². The summed E-state index contributed by atoms with van der Waals surface area (Å²) in [7, 11) is 1.71. The third-order valence-corrected chi connectivity index (χ3v) is 2.68. The zero-order valence-electron chi connectivity index (χ0n) is 9.33. The molecular weight excluding hydrogens is 256 g/mol. The van der Waals surface area contributed by atoms with Crippen molar-refractivity contribution in [3.8, 4) is 0 Å². The van der Waals surface area contributed by atoms with Crippen LogP contribution in [0.15, 0.2) is 22.8 Å².